The van der Waals surface area contributed by atoms with E-state index < -0.39 is 0 Å². The summed E-state index contributed by atoms with van der Waals surface area (Å²) in [7, 11) is 1.87. The van der Waals surface area contributed by atoms with Crippen molar-refractivity contribution in [3.63, 3.8) is 0 Å². The Bertz CT molecular complexity index is 393. The van der Waals surface area contributed by atoms with E-state index in [9.17, 15) is 4.79 Å². The van der Waals surface area contributed by atoms with E-state index in [1.54, 1.807) is 13.0 Å². The number of halogens is 1. The van der Waals surface area contributed by atoms with E-state index in [2.05, 4.69) is 15.9 Å². The summed E-state index contributed by atoms with van der Waals surface area (Å²) >= 11 is 3.35. The number of ketones is 1. The van der Waals surface area contributed by atoms with Gasteiger partial charge in [0.2, 0.25) is 0 Å². The average Bonchev–Trinajstić information content (AvgIpc) is 2.26. The van der Waals surface area contributed by atoms with Crippen LogP contribution in [0.25, 0.3) is 0 Å². The highest BCUT2D eigenvalue weighted by atomic mass is 79.9. The summed E-state index contributed by atoms with van der Waals surface area (Å²) in [6, 6.07) is 5.56. The van der Waals surface area contributed by atoms with Crippen LogP contribution in [0.5, 0.6) is 0 Å². The molecule has 0 fully saturated rings. The van der Waals surface area contributed by atoms with Gasteiger partial charge in [-0.2, -0.15) is 0 Å². The summed E-state index contributed by atoms with van der Waals surface area (Å²) < 4.78 is 0.881. The van der Waals surface area contributed by atoms with E-state index in [1.165, 1.54) is 0 Å². The van der Waals surface area contributed by atoms with Crippen LogP contribution in [0.3, 0.4) is 0 Å². The first-order chi connectivity index (χ1) is 7.47. The molecule has 0 aliphatic heterocycles. The van der Waals surface area contributed by atoms with Gasteiger partial charge in [0.05, 0.1) is 6.61 Å². The molecule has 0 aliphatic carbocycles. The normalized spacial score (nSPS) is 12.3. The van der Waals surface area contributed by atoms with Crippen LogP contribution in [0.4, 0.5) is 5.69 Å². The highest BCUT2D eigenvalue weighted by Gasteiger charge is 2.15. The van der Waals surface area contributed by atoms with E-state index in [0.717, 1.165) is 10.2 Å². The number of benzene rings is 1. The zero-order chi connectivity index (χ0) is 12.3. The van der Waals surface area contributed by atoms with Gasteiger partial charge in [0.1, 0.15) is 0 Å². The lowest BCUT2D eigenvalue weighted by atomic mass is 10.1. The van der Waals surface area contributed by atoms with E-state index in [-0.39, 0.29) is 18.4 Å². The quantitative estimate of drug-likeness (QED) is 0.864. The van der Waals surface area contributed by atoms with Crippen molar-refractivity contribution >= 4 is 27.4 Å². The fourth-order valence-electron chi connectivity index (χ4n) is 1.46. The Morgan fingerprint density at radius 1 is 1.56 bits per heavy atom. The van der Waals surface area contributed by atoms with Gasteiger partial charge < -0.3 is 10.0 Å². The van der Waals surface area contributed by atoms with Crippen LogP contribution in [0.15, 0.2) is 22.7 Å². The Hall–Kier alpha value is -0.870. The summed E-state index contributed by atoms with van der Waals surface area (Å²) in [6.07, 6.45) is 0. The molecule has 0 aliphatic rings. The fourth-order valence-corrected chi connectivity index (χ4v) is 1.82. The van der Waals surface area contributed by atoms with Crippen LogP contribution < -0.4 is 4.90 Å². The lowest BCUT2D eigenvalue weighted by Crippen LogP contribution is -2.32. The maximum Gasteiger partial charge on any atom is 0.161 e. The SMILES string of the molecule is CC(=O)c1cc(Br)ccc1N(C)C(C)CO. The lowest BCUT2D eigenvalue weighted by Gasteiger charge is -2.27. The number of nitrogens with zero attached hydrogens (tertiary/aromatic N) is 1. The second-order valence-electron chi connectivity index (χ2n) is 3.86. The van der Waals surface area contributed by atoms with Gasteiger partial charge in [0.15, 0.2) is 5.78 Å². The minimum Gasteiger partial charge on any atom is -0.394 e. The monoisotopic (exact) mass is 285 g/mol. The van der Waals surface area contributed by atoms with Crippen molar-refractivity contribution in [1.82, 2.24) is 0 Å². The Balaban J connectivity index is 3.17. The van der Waals surface area contributed by atoms with Crippen LogP contribution in [0, 0.1) is 0 Å². The van der Waals surface area contributed by atoms with E-state index in [0.29, 0.717) is 5.56 Å². The number of aliphatic hydroxyl groups excluding tert-OH is 1. The summed E-state index contributed by atoms with van der Waals surface area (Å²) in [5.74, 6) is 0.0216. The highest BCUT2D eigenvalue weighted by Crippen LogP contribution is 2.25. The van der Waals surface area contributed by atoms with Gasteiger partial charge in [-0.05, 0) is 32.0 Å². The second-order valence-corrected chi connectivity index (χ2v) is 4.78. The van der Waals surface area contributed by atoms with Gasteiger partial charge in [-0.15, -0.1) is 0 Å². The Morgan fingerprint density at radius 3 is 2.69 bits per heavy atom. The van der Waals surface area contributed by atoms with Crippen molar-refractivity contribution in [2.45, 2.75) is 19.9 Å². The van der Waals surface area contributed by atoms with Crippen LogP contribution in [0.2, 0.25) is 0 Å². The molecule has 0 aromatic heterocycles. The number of Topliss-reactive ketones (excluding diaryl/α,β-unsaturated/α-hetero) is 1. The number of carbonyl (C=O) groups excluding carboxylic acids is 1. The molecule has 1 rings (SSSR count). The number of aliphatic hydroxyl groups is 1. The van der Waals surface area contributed by atoms with Crippen LogP contribution in [0.1, 0.15) is 24.2 Å². The standard InChI is InChI=1S/C12H16BrNO2/c1-8(7-15)14(3)12-5-4-10(13)6-11(12)9(2)16/h4-6,8,15H,7H2,1-3H3. The molecule has 0 saturated carbocycles. The maximum absolute atomic E-state index is 11.5. The first-order valence-electron chi connectivity index (χ1n) is 5.11. The Kier molecular flexibility index (Phi) is 4.50. The van der Waals surface area contributed by atoms with Crippen molar-refractivity contribution in [3.8, 4) is 0 Å². The molecule has 0 heterocycles. The summed E-state index contributed by atoms with van der Waals surface area (Å²) in [5, 5.41) is 9.11. The first kappa shape index (κ1) is 13.2. The smallest absolute Gasteiger partial charge is 0.161 e. The molecule has 3 nitrogen and oxygen atoms in total. The maximum atomic E-state index is 11.5. The number of hydrogen-bond acceptors (Lipinski definition) is 3. The lowest BCUT2D eigenvalue weighted by molar-refractivity contribution is 0.101. The van der Waals surface area contributed by atoms with Crippen LogP contribution >= 0.6 is 15.9 Å². The van der Waals surface area contributed by atoms with Crippen LogP contribution in [-0.4, -0.2) is 30.6 Å². The number of rotatable bonds is 4. The summed E-state index contributed by atoms with van der Waals surface area (Å²) in [4.78, 5) is 13.4. The molecule has 16 heavy (non-hydrogen) atoms. The molecular weight excluding hydrogens is 270 g/mol. The molecule has 1 aromatic carbocycles. The minimum atomic E-state index is -0.0146. The van der Waals surface area contributed by atoms with E-state index in [1.807, 2.05) is 31.0 Å². The summed E-state index contributed by atoms with van der Waals surface area (Å²) in [5.41, 5.74) is 1.51. The van der Waals surface area contributed by atoms with E-state index >= 15 is 0 Å². The van der Waals surface area contributed by atoms with Gasteiger partial charge in [-0.25, -0.2) is 0 Å². The molecule has 0 amide bonds. The third-order valence-corrected chi connectivity index (χ3v) is 3.14. The third-order valence-electron chi connectivity index (χ3n) is 2.64. The number of likely N-dealkylation sites (N-methyl/N-ethyl adjacent to an activating group) is 1. The molecular formula is C12H16BrNO2. The van der Waals surface area contributed by atoms with Gasteiger partial charge >= 0.3 is 0 Å². The Labute approximate surface area is 104 Å². The van der Waals surface area contributed by atoms with Gasteiger partial charge in [-0.3, -0.25) is 4.79 Å². The molecule has 4 heteroatoms. The zero-order valence-electron chi connectivity index (χ0n) is 9.70. The van der Waals surface area contributed by atoms with Crippen molar-refractivity contribution in [2.75, 3.05) is 18.6 Å². The van der Waals surface area contributed by atoms with Gasteiger partial charge in [0.25, 0.3) is 0 Å². The topological polar surface area (TPSA) is 40.5 Å². The average molecular weight is 286 g/mol. The minimum absolute atomic E-state index is 0.0146. The van der Waals surface area contributed by atoms with Gasteiger partial charge in [-0.1, -0.05) is 15.9 Å². The predicted octanol–water partition coefficient (Wildman–Crippen LogP) is 2.47. The van der Waals surface area contributed by atoms with Crippen molar-refractivity contribution in [1.29, 1.82) is 0 Å². The number of carbonyl (C=O) groups is 1. The molecule has 88 valence electrons. The number of anilines is 1. The summed E-state index contributed by atoms with van der Waals surface area (Å²) in [6.45, 7) is 3.51. The number of hydrogen-bond donors (Lipinski definition) is 1. The van der Waals surface area contributed by atoms with Crippen molar-refractivity contribution in [3.05, 3.63) is 28.2 Å². The van der Waals surface area contributed by atoms with E-state index in [4.69, 9.17) is 5.11 Å². The molecule has 0 saturated heterocycles. The van der Waals surface area contributed by atoms with Crippen molar-refractivity contribution in [2.24, 2.45) is 0 Å². The predicted molar refractivity (Wildman–Crippen MR) is 69.1 cm³/mol. The Morgan fingerprint density at radius 2 is 2.19 bits per heavy atom. The zero-order valence-corrected chi connectivity index (χ0v) is 11.3. The third kappa shape index (κ3) is 2.83. The molecule has 0 radical (unpaired) electrons. The largest absolute Gasteiger partial charge is 0.394 e. The molecule has 0 spiro atoms. The van der Waals surface area contributed by atoms with Crippen molar-refractivity contribution < 1.29 is 9.90 Å². The molecule has 1 aromatic rings. The first-order valence-corrected chi connectivity index (χ1v) is 5.90. The second kappa shape index (κ2) is 5.46. The highest BCUT2D eigenvalue weighted by molar-refractivity contribution is 9.10. The molecule has 1 N–H and O–H groups in total. The van der Waals surface area contributed by atoms with Gasteiger partial charge in [0, 0.05) is 28.8 Å². The molecule has 0 bridgehead atoms. The fraction of sp³-hybridized carbons (Fsp3) is 0.417. The van der Waals surface area contributed by atoms with Crippen LogP contribution in [-0.2, 0) is 0 Å². The molecule has 1 unspecified atom stereocenters. The molecule has 1 atom stereocenters.